The van der Waals surface area contributed by atoms with Crippen LogP contribution in [0.3, 0.4) is 0 Å². The predicted molar refractivity (Wildman–Crippen MR) is 72.9 cm³/mol. The number of carbonyl (C=O) groups is 1. The summed E-state index contributed by atoms with van der Waals surface area (Å²) in [7, 11) is 0. The average Bonchev–Trinajstić information content (AvgIpc) is 2.97. The maximum Gasteiger partial charge on any atom is 0.317 e. The zero-order chi connectivity index (χ0) is 13.7. The highest BCUT2D eigenvalue weighted by Gasteiger charge is 2.13. The Bertz CT molecular complexity index is 548. The molecule has 19 heavy (non-hydrogen) atoms. The summed E-state index contributed by atoms with van der Waals surface area (Å²) < 4.78 is 5.39. The first-order chi connectivity index (χ1) is 9.19. The summed E-state index contributed by atoms with van der Waals surface area (Å²) in [6.07, 6.45) is 3.23. The molecule has 100 valence electrons. The lowest BCUT2D eigenvalue weighted by Gasteiger charge is -2.16. The van der Waals surface area contributed by atoms with E-state index in [1.807, 2.05) is 17.5 Å². The third kappa shape index (κ3) is 3.77. The van der Waals surface area contributed by atoms with Gasteiger partial charge >= 0.3 is 5.97 Å². The minimum Gasteiger partial charge on any atom is -0.480 e. The van der Waals surface area contributed by atoms with Crippen molar-refractivity contribution < 1.29 is 14.3 Å². The van der Waals surface area contributed by atoms with Crippen molar-refractivity contribution in [1.29, 1.82) is 0 Å². The number of nitrogens with zero attached hydrogens (tertiary/aromatic N) is 2. The zero-order valence-electron chi connectivity index (χ0n) is 10.3. The van der Waals surface area contributed by atoms with Gasteiger partial charge in [-0.2, -0.15) is 0 Å². The minimum atomic E-state index is -0.871. The van der Waals surface area contributed by atoms with Crippen LogP contribution in [0.2, 0.25) is 0 Å². The summed E-state index contributed by atoms with van der Waals surface area (Å²) in [4.78, 5) is 17.8. The molecule has 2 rings (SSSR count). The number of carboxylic acids is 1. The molecule has 0 saturated carbocycles. The predicted octanol–water partition coefficient (Wildman–Crippen LogP) is 2.48. The van der Waals surface area contributed by atoms with E-state index in [9.17, 15) is 4.79 Å². The summed E-state index contributed by atoms with van der Waals surface area (Å²) in [5.74, 6) is -0.303. The van der Waals surface area contributed by atoms with Crippen LogP contribution in [0.25, 0.3) is 10.8 Å². The number of thiophene rings is 1. The van der Waals surface area contributed by atoms with Crippen LogP contribution in [0.1, 0.15) is 5.69 Å². The molecule has 0 aliphatic rings. The molecule has 0 atom stereocenters. The van der Waals surface area contributed by atoms with Crippen LogP contribution in [0, 0.1) is 0 Å². The maximum atomic E-state index is 10.7. The molecular formula is C13H14N2O3S. The number of aliphatic carboxylic acids is 1. The van der Waals surface area contributed by atoms with Gasteiger partial charge in [0.2, 0.25) is 5.89 Å². The highest BCUT2D eigenvalue weighted by Crippen LogP contribution is 2.23. The van der Waals surface area contributed by atoms with Gasteiger partial charge in [-0.1, -0.05) is 12.1 Å². The van der Waals surface area contributed by atoms with E-state index in [1.54, 1.807) is 28.6 Å². The quantitative estimate of drug-likeness (QED) is 0.788. The average molecular weight is 278 g/mol. The Balaban J connectivity index is 2.05. The molecule has 0 bridgehead atoms. The second-order valence-electron chi connectivity index (χ2n) is 3.97. The summed E-state index contributed by atoms with van der Waals surface area (Å²) in [6.45, 7) is 4.49. The van der Waals surface area contributed by atoms with Crippen molar-refractivity contribution in [3.63, 3.8) is 0 Å². The highest BCUT2D eigenvalue weighted by atomic mass is 32.1. The first kappa shape index (κ1) is 13.5. The molecule has 0 fully saturated rings. The van der Waals surface area contributed by atoms with E-state index in [4.69, 9.17) is 9.52 Å². The summed E-state index contributed by atoms with van der Waals surface area (Å²) >= 11 is 1.55. The largest absolute Gasteiger partial charge is 0.480 e. The van der Waals surface area contributed by atoms with Gasteiger partial charge in [0.15, 0.2) is 0 Å². The molecule has 2 aromatic heterocycles. The number of aromatic nitrogens is 1. The lowest BCUT2D eigenvalue weighted by Crippen LogP contribution is -2.29. The summed E-state index contributed by atoms with van der Waals surface area (Å²) in [6, 6.07) is 3.86. The van der Waals surface area contributed by atoms with E-state index >= 15 is 0 Å². The first-order valence-electron chi connectivity index (χ1n) is 5.72. The van der Waals surface area contributed by atoms with Crippen molar-refractivity contribution >= 4 is 17.3 Å². The van der Waals surface area contributed by atoms with E-state index in [2.05, 4.69) is 11.6 Å². The molecule has 0 radical (unpaired) electrons. The van der Waals surface area contributed by atoms with Gasteiger partial charge in [0.05, 0.1) is 17.1 Å². The number of rotatable bonds is 7. The monoisotopic (exact) mass is 278 g/mol. The molecule has 0 saturated heterocycles. The Morgan fingerprint density at radius 2 is 2.47 bits per heavy atom. The molecule has 1 N–H and O–H groups in total. The normalized spacial score (nSPS) is 10.8. The molecule has 0 aromatic carbocycles. The molecule has 5 nitrogen and oxygen atoms in total. The van der Waals surface area contributed by atoms with Crippen LogP contribution in [0.5, 0.6) is 0 Å². The van der Waals surface area contributed by atoms with Crippen LogP contribution in [0.4, 0.5) is 0 Å². The van der Waals surface area contributed by atoms with Crippen molar-refractivity contribution in [2.24, 2.45) is 0 Å². The molecule has 0 unspecified atom stereocenters. The number of hydrogen-bond donors (Lipinski definition) is 1. The molecular weight excluding hydrogens is 264 g/mol. The Hall–Kier alpha value is -1.92. The number of carboxylic acid groups (broad SMARTS) is 1. The smallest absolute Gasteiger partial charge is 0.317 e. The standard InChI is InChI=1S/C13H14N2O3S/c1-2-5-15(8-12(16)17)7-10-9-18-13(14-10)11-4-3-6-19-11/h2-4,6,9H,1,5,7-8H2,(H,16,17). The SMILES string of the molecule is C=CCN(CC(=O)O)Cc1coc(-c2cccs2)n1. The molecule has 2 heterocycles. The minimum absolute atomic E-state index is 0.0484. The summed E-state index contributed by atoms with van der Waals surface area (Å²) in [5.41, 5.74) is 0.714. The number of hydrogen-bond acceptors (Lipinski definition) is 5. The van der Waals surface area contributed by atoms with Crippen molar-refractivity contribution in [2.75, 3.05) is 13.1 Å². The van der Waals surface area contributed by atoms with Crippen LogP contribution >= 0.6 is 11.3 Å². The van der Waals surface area contributed by atoms with Crippen LogP contribution in [-0.2, 0) is 11.3 Å². The Morgan fingerprint density at radius 1 is 1.63 bits per heavy atom. The fourth-order valence-electron chi connectivity index (χ4n) is 1.68. The van der Waals surface area contributed by atoms with E-state index in [0.29, 0.717) is 24.7 Å². The summed E-state index contributed by atoms with van der Waals surface area (Å²) in [5, 5.41) is 10.8. The Labute approximate surface area is 114 Å². The molecule has 0 aliphatic carbocycles. The van der Waals surface area contributed by atoms with Crippen molar-refractivity contribution in [1.82, 2.24) is 9.88 Å². The van der Waals surface area contributed by atoms with E-state index < -0.39 is 5.97 Å². The molecule has 2 aromatic rings. The third-order valence-electron chi connectivity index (χ3n) is 2.42. The van der Waals surface area contributed by atoms with Gasteiger partial charge in [0.1, 0.15) is 6.26 Å². The van der Waals surface area contributed by atoms with Gasteiger partial charge in [-0.3, -0.25) is 9.69 Å². The van der Waals surface area contributed by atoms with Crippen molar-refractivity contribution in [3.05, 3.63) is 42.1 Å². The molecule has 6 heteroatoms. The molecule has 0 amide bonds. The first-order valence-corrected chi connectivity index (χ1v) is 6.60. The van der Waals surface area contributed by atoms with E-state index in [0.717, 1.165) is 4.88 Å². The topological polar surface area (TPSA) is 66.6 Å². The second-order valence-corrected chi connectivity index (χ2v) is 4.92. The fraction of sp³-hybridized carbons (Fsp3) is 0.231. The lowest BCUT2D eigenvalue weighted by molar-refractivity contribution is -0.138. The van der Waals surface area contributed by atoms with Gasteiger partial charge in [0, 0.05) is 13.1 Å². The van der Waals surface area contributed by atoms with Gasteiger partial charge in [-0.25, -0.2) is 4.98 Å². The van der Waals surface area contributed by atoms with Crippen LogP contribution in [-0.4, -0.2) is 34.0 Å². The van der Waals surface area contributed by atoms with Crippen LogP contribution < -0.4 is 0 Å². The van der Waals surface area contributed by atoms with Gasteiger partial charge in [0.25, 0.3) is 0 Å². The van der Waals surface area contributed by atoms with Crippen molar-refractivity contribution in [3.8, 4) is 10.8 Å². The second kappa shape index (κ2) is 6.31. The molecule has 0 spiro atoms. The molecule has 0 aliphatic heterocycles. The Kier molecular flexibility index (Phi) is 4.48. The van der Waals surface area contributed by atoms with Crippen LogP contribution in [0.15, 0.2) is 40.8 Å². The number of oxazole rings is 1. The maximum absolute atomic E-state index is 10.7. The van der Waals surface area contributed by atoms with E-state index in [1.165, 1.54) is 0 Å². The Morgan fingerprint density at radius 3 is 3.11 bits per heavy atom. The van der Waals surface area contributed by atoms with Gasteiger partial charge < -0.3 is 9.52 Å². The van der Waals surface area contributed by atoms with Gasteiger partial charge in [-0.15, -0.1) is 17.9 Å². The van der Waals surface area contributed by atoms with Gasteiger partial charge in [-0.05, 0) is 11.4 Å². The lowest BCUT2D eigenvalue weighted by atomic mass is 10.4. The third-order valence-corrected chi connectivity index (χ3v) is 3.27. The van der Waals surface area contributed by atoms with E-state index in [-0.39, 0.29) is 6.54 Å². The zero-order valence-corrected chi connectivity index (χ0v) is 11.1. The highest BCUT2D eigenvalue weighted by molar-refractivity contribution is 7.13. The van der Waals surface area contributed by atoms with Crippen molar-refractivity contribution in [2.45, 2.75) is 6.54 Å². The fourth-order valence-corrected chi connectivity index (χ4v) is 2.34.